The van der Waals surface area contributed by atoms with E-state index in [0.29, 0.717) is 17.5 Å². The van der Waals surface area contributed by atoms with Crippen molar-refractivity contribution in [3.63, 3.8) is 0 Å². The van der Waals surface area contributed by atoms with Gasteiger partial charge in [-0.05, 0) is 63.1 Å². The molecule has 1 unspecified atom stereocenters. The van der Waals surface area contributed by atoms with Gasteiger partial charge in [-0.15, -0.1) is 0 Å². The number of nitrogens with zero attached hydrogens (tertiary/aromatic N) is 5. The van der Waals surface area contributed by atoms with Crippen LogP contribution in [0.2, 0.25) is 0 Å². The fourth-order valence-corrected chi connectivity index (χ4v) is 5.14. The van der Waals surface area contributed by atoms with Gasteiger partial charge in [-0.2, -0.15) is 9.61 Å². The van der Waals surface area contributed by atoms with E-state index in [4.69, 9.17) is 19.6 Å². The fourth-order valence-electron chi connectivity index (χ4n) is 5.14. The number of ether oxygens (including phenoxy) is 2. The summed E-state index contributed by atoms with van der Waals surface area (Å²) in [5.74, 6) is 2.48. The summed E-state index contributed by atoms with van der Waals surface area (Å²) < 4.78 is 13.0. The maximum atomic E-state index is 5.55. The Bertz CT molecular complexity index is 1380. The lowest BCUT2D eigenvalue weighted by atomic mass is 10.1. The summed E-state index contributed by atoms with van der Waals surface area (Å²) in [5, 5.41) is 4.94. The molecule has 182 valence electrons. The van der Waals surface area contributed by atoms with Crippen LogP contribution < -0.4 is 19.3 Å². The Morgan fingerprint density at radius 2 is 1.71 bits per heavy atom. The summed E-state index contributed by atoms with van der Waals surface area (Å²) in [6.07, 6.45) is 0. The zero-order chi connectivity index (χ0) is 24.7. The monoisotopic (exact) mass is 471 g/mol. The number of aromatic nitrogens is 3. The summed E-state index contributed by atoms with van der Waals surface area (Å²) in [7, 11) is 3.30. The third-order valence-corrected chi connectivity index (χ3v) is 6.83. The number of hydrogen-bond donors (Lipinski definition) is 0. The van der Waals surface area contributed by atoms with E-state index in [1.165, 1.54) is 11.3 Å². The molecule has 2 aromatic heterocycles. The largest absolute Gasteiger partial charge is 0.493 e. The second-order valence-corrected chi connectivity index (χ2v) is 9.35. The van der Waals surface area contributed by atoms with Crippen molar-refractivity contribution in [2.24, 2.45) is 0 Å². The molecule has 1 aliphatic rings. The molecule has 35 heavy (non-hydrogen) atoms. The number of hydrogen-bond acceptors (Lipinski definition) is 6. The maximum Gasteiger partial charge on any atom is 0.165 e. The quantitative estimate of drug-likeness (QED) is 0.406. The van der Waals surface area contributed by atoms with Gasteiger partial charge in [0.25, 0.3) is 0 Å². The van der Waals surface area contributed by atoms with Crippen molar-refractivity contribution < 1.29 is 9.47 Å². The molecule has 7 heteroatoms. The Balaban J connectivity index is 1.52. The molecule has 1 atom stereocenters. The first-order chi connectivity index (χ1) is 16.9. The Morgan fingerprint density at radius 3 is 2.43 bits per heavy atom. The van der Waals surface area contributed by atoms with Gasteiger partial charge in [0.15, 0.2) is 17.1 Å². The number of aryl methyl sites for hydroxylation is 3. The first-order valence-electron chi connectivity index (χ1n) is 12.1. The molecule has 0 saturated carbocycles. The van der Waals surface area contributed by atoms with E-state index >= 15 is 0 Å². The van der Waals surface area contributed by atoms with E-state index in [1.54, 1.807) is 14.2 Å². The van der Waals surface area contributed by atoms with E-state index in [-0.39, 0.29) is 0 Å². The molecule has 0 radical (unpaired) electrons. The Kier molecular flexibility index (Phi) is 6.01. The molecular weight excluding hydrogens is 438 g/mol. The third-order valence-electron chi connectivity index (χ3n) is 6.83. The van der Waals surface area contributed by atoms with Crippen molar-refractivity contribution >= 4 is 17.2 Å². The number of methoxy groups -OCH3 is 2. The van der Waals surface area contributed by atoms with Gasteiger partial charge in [0.2, 0.25) is 0 Å². The van der Waals surface area contributed by atoms with Crippen molar-refractivity contribution in [1.82, 2.24) is 14.6 Å². The smallest absolute Gasteiger partial charge is 0.165 e. The summed E-state index contributed by atoms with van der Waals surface area (Å²) in [6, 6.07) is 17.3. The zero-order valence-corrected chi connectivity index (χ0v) is 21.4. The molecule has 1 aliphatic heterocycles. The van der Waals surface area contributed by atoms with Gasteiger partial charge in [-0.25, -0.2) is 4.98 Å². The SMILES string of the molecule is COc1ccc(-c2c(C)nn3c(N4CCN(c5cccc(C)c5)C(C)C4)cc(C)nc23)cc1OC. The standard InChI is InChI=1S/C28H33N5O2/c1-18-8-7-9-23(14-18)32-13-12-31(17-20(32)3)26-15-19(2)29-28-27(21(4)30-33(26)28)22-10-11-24(34-5)25(16-22)35-6/h7-11,14-16,20H,12-13,17H2,1-6H3. The second kappa shape index (κ2) is 9.13. The number of fused-ring (bicyclic) bond motifs is 1. The average molecular weight is 472 g/mol. The van der Waals surface area contributed by atoms with Crippen molar-refractivity contribution in [2.45, 2.75) is 33.7 Å². The van der Waals surface area contributed by atoms with Gasteiger partial charge in [-0.3, -0.25) is 0 Å². The molecule has 0 bridgehead atoms. The van der Waals surface area contributed by atoms with Crippen LogP contribution in [0.15, 0.2) is 48.5 Å². The lowest BCUT2D eigenvalue weighted by molar-refractivity contribution is 0.355. The maximum absolute atomic E-state index is 5.55. The van der Waals surface area contributed by atoms with Crippen LogP contribution in [0.5, 0.6) is 11.5 Å². The minimum atomic E-state index is 0.371. The molecular formula is C28H33N5O2. The van der Waals surface area contributed by atoms with Gasteiger partial charge < -0.3 is 19.3 Å². The molecule has 5 rings (SSSR count). The summed E-state index contributed by atoms with van der Waals surface area (Å²) >= 11 is 0. The van der Waals surface area contributed by atoms with Crippen molar-refractivity contribution in [3.05, 3.63) is 65.5 Å². The van der Waals surface area contributed by atoms with Gasteiger partial charge in [0.05, 0.1) is 19.9 Å². The molecule has 4 aromatic rings. The van der Waals surface area contributed by atoms with Gasteiger partial charge in [0, 0.05) is 48.7 Å². The van der Waals surface area contributed by atoms with Crippen LogP contribution in [0.1, 0.15) is 23.9 Å². The normalized spacial score (nSPS) is 16.1. The van der Waals surface area contributed by atoms with Crippen LogP contribution in [0.3, 0.4) is 0 Å². The zero-order valence-electron chi connectivity index (χ0n) is 21.4. The van der Waals surface area contributed by atoms with Crippen LogP contribution in [-0.4, -0.2) is 54.5 Å². The summed E-state index contributed by atoms with van der Waals surface area (Å²) in [6.45, 7) is 11.3. The average Bonchev–Trinajstić information content (AvgIpc) is 3.18. The molecule has 1 saturated heterocycles. The molecule has 0 spiro atoms. The van der Waals surface area contributed by atoms with Crippen LogP contribution in [-0.2, 0) is 0 Å². The summed E-state index contributed by atoms with van der Waals surface area (Å²) in [5.41, 5.74) is 7.38. The van der Waals surface area contributed by atoms with E-state index in [1.807, 2.05) is 29.6 Å². The molecule has 0 aliphatic carbocycles. The van der Waals surface area contributed by atoms with E-state index in [2.05, 4.69) is 60.9 Å². The van der Waals surface area contributed by atoms with Gasteiger partial charge in [0.1, 0.15) is 5.82 Å². The molecule has 3 heterocycles. The lowest BCUT2D eigenvalue weighted by Crippen LogP contribution is -2.52. The third kappa shape index (κ3) is 4.16. The number of benzene rings is 2. The molecule has 0 N–H and O–H groups in total. The van der Waals surface area contributed by atoms with Crippen molar-refractivity contribution in [1.29, 1.82) is 0 Å². The first kappa shape index (κ1) is 23.0. The number of rotatable bonds is 5. The van der Waals surface area contributed by atoms with Gasteiger partial charge >= 0.3 is 0 Å². The van der Waals surface area contributed by atoms with Crippen LogP contribution in [0.25, 0.3) is 16.8 Å². The van der Waals surface area contributed by atoms with Crippen LogP contribution in [0.4, 0.5) is 11.5 Å². The molecule has 2 aromatic carbocycles. The van der Waals surface area contributed by atoms with Crippen molar-refractivity contribution in [3.8, 4) is 22.6 Å². The fraction of sp³-hybridized carbons (Fsp3) is 0.357. The molecule has 1 fully saturated rings. The highest BCUT2D eigenvalue weighted by atomic mass is 16.5. The van der Waals surface area contributed by atoms with E-state index in [9.17, 15) is 0 Å². The Hall–Kier alpha value is -3.74. The number of piperazine rings is 1. The highest BCUT2D eigenvalue weighted by Crippen LogP contribution is 2.36. The predicted octanol–water partition coefficient (Wildman–Crippen LogP) is 5.05. The second-order valence-electron chi connectivity index (χ2n) is 9.35. The minimum Gasteiger partial charge on any atom is -0.493 e. The lowest BCUT2D eigenvalue weighted by Gasteiger charge is -2.42. The molecule has 7 nitrogen and oxygen atoms in total. The highest BCUT2D eigenvalue weighted by Gasteiger charge is 2.27. The topological polar surface area (TPSA) is 55.1 Å². The first-order valence-corrected chi connectivity index (χ1v) is 12.1. The Labute approximate surface area is 206 Å². The van der Waals surface area contributed by atoms with E-state index < -0.39 is 0 Å². The summed E-state index contributed by atoms with van der Waals surface area (Å²) in [4.78, 5) is 9.84. The highest BCUT2D eigenvalue weighted by molar-refractivity contribution is 5.82. The van der Waals surface area contributed by atoms with Crippen LogP contribution in [0, 0.1) is 20.8 Å². The predicted molar refractivity (Wildman–Crippen MR) is 141 cm³/mol. The van der Waals surface area contributed by atoms with Gasteiger partial charge in [-0.1, -0.05) is 18.2 Å². The van der Waals surface area contributed by atoms with Crippen molar-refractivity contribution in [2.75, 3.05) is 43.7 Å². The molecule has 0 amide bonds. The Morgan fingerprint density at radius 1 is 0.914 bits per heavy atom. The van der Waals surface area contributed by atoms with E-state index in [0.717, 1.165) is 53.6 Å². The number of anilines is 2. The minimum absolute atomic E-state index is 0.371. The van der Waals surface area contributed by atoms with Crippen LogP contribution >= 0.6 is 0 Å².